The van der Waals surface area contributed by atoms with Crippen LogP contribution in [0.25, 0.3) is 0 Å². The molecule has 2 rings (SSSR count). The van der Waals surface area contributed by atoms with Crippen molar-refractivity contribution in [2.24, 2.45) is 5.84 Å². The summed E-state index contributed by atoms with van der Waals surface area (Å²) in [6.45, 7) is 1.91. The van der Waals surface area contributed by atoms with Gasteiger partial charge in [-0.2, -0.15) is 0 Å². The van der Waals surface area contributed by atoms with E-state index in [9.17, 15) is 4.39 Å². The molecule has 5 heteroatoms. The number of nitrogens with two attached hydrogens (primary N) is 1. The van der Waals surface area contributed by atoms with Gasteiger partial charge in [-0.15, -0.1) is 0 Å². The number of ether oxygens (including phenoxy) is 1. The van der Waals surface area contributed by atoms with E-state index in [1.165, 1.54) is 7.11 Å². The fourth-order valence-corrected chi connectivity index (χ4v) is 2.06. The molecule has 1 aromatic heterocycles. The van der Waals surface area contributed by atoms with Crippen molar-refractivity contribution >= 4 is 0 Å². The van der Waals surface area contributed by atoms with E-state index >= 15 is 0 Å². The third-order valence-electron chi connectivity index (χ3n) is 3.07. The summed E-state index contributed by atoms with van der Waals surface area (Å²) in [5, 5.41) is 0. The lowest BCUT2D eigenvalue weighted by atomic mass is 9.96. The molecule has 0 saturated carbocycles. The number of nitrogens with one attached hydrogen (secondary N) is 1. The van der Waals surface area contributed by atoms with Gasteiger partial charge in [0, 0.05) is 18.0 Å². The highest BCUT2D eigenvalue weighted by atomic mass is 19.1. The van der Waals surface area contributed by atoms with Crippen LogP contribution in [0.3, 0.4) is 0 Å². The first-order valence-corrected chi connectivity index (χ1v) is 5.88. The second-order valence-corrected chi connectivity index (χ2v) is 4.20. The average molecular weight is 261 g/mol. The monoisotopic (exact) mass is 261 g/mol. The van der Waals surface area contributed by atoms with Crippen molar-refractivity contribution < 1.29 is 9.13 Å². The molecular weight excluding hydrogens is 245 g/mol. The van der Waals surface area contributed by atoms with Gasteiger partial charge in [-0.05, 0) is 30.2 Å². The van der Waals surface area contributed by atoms with E-state index in [2.05, 4.69) is 10.4 Å². The van der Waals surface area contributed by atoms with E-state index in [-0.39, 0.29) is 5.75 Å². The molecular formula is C14H16FN3O. The maximum Gasteiger partial charge on any atom is 0.170 e. The predicted molar refractivity (Wildman–Crippen MR) is 71.1 cm³/mol. The van der Waals surface area contributed by atoms with Crippen molar-refractivity contribution in [1.29, 1.82) is 0 Å². The fraction of sp³-hybridized carbons (Fsp3) is 0.214. The minimum absolute atomic E-state index is 0.199. The molecule has 0 aliphatic rings. The highest BCUT2D eigenvalue weighted by Gasteiger charge is 2.20. The second-order valence-electron chi connectivity index (χ2n) is 4.20. The van der Waals surface area contributed by atoms with Crippen LogP contribution in [0, 0.1) is 12.7 Å². The van der Waals surface area contributed by atoms with Crippen LogP contribution in [0.1, 0.15) is 22.7 Å². The van der Waals surface area contributed by atoms with Crippen molar-refractivity contribution in [2.75, 3.05) is 7.11 Å². The molecule has 3 N–H and O–H groups in total. The van der Waals surface area contributed by atoms with E-state index < -0.39 is 11.9 Å². The Morgan fingerprint density at radius 2 is 2.11 bits per heavy atom. The van der Waals surface area contributed by atoms with Crippen molar-refractivity contribution in [3.63, 3.8) is 0 Å². The zero-order valence-corrected chi connectivity index (χ0v) is 10.9. The quantitative estimate of drug-likeness (QED) is 0.653. The second kappa shape index (κ2) is 5.77. The van der Waals surface area contributed by atoms with Gasteiger partial charge < -0.3 is 4.74 Å². The molecule has 0 amide bonds. The lowest BCUT2D eigenvalue weighted by molar-refractivity contribution is 0.381. The Hall–Kier alpha value is -1.98. The Morgan fingerprint density at radius 3 is 2.74 bits per heavy atom. The number of rotatable bonds is 4. The molecule has 1 atom stereocenters. The van der Waals surface area contributed by atoms with Gasteiger partial charge in [0.25, 0.3) is 0 Å². The van der Waals surface area contributed by atoms with Crippen molar-refractivity contribution in [1.82, 2.24) is 10.4 Å². The lowest BCUT2D eigenvalue weighted by Gasteiger charge is -2.20. The van der Waals surface area contributed by atoms with Crippen LogP contribution < -0.4 is 16.0 Å². The van der Waals surface area contributed by atoms with E-state index in [1.54, 1.807) is 30.6 Å². The van der Waals surface area contributed by atoms with E-state index in [0.717, 1.165) is 11.1 Å². The maximum absolute atomic E-state index is 14.3. The molecule has 1 unspecified atom stereocenters. The number of nitrogens with zero attached hydrogens (tertiary/aromatic N) is 1. The fourth-order valence-electron chi connectivity index (χ4n) is 2.06. The molecule has 0 bridgehead atoms. The van der Waals surface area contributed by atoms with Gasteiger partial charge in [0.05, 0.1) is 13.2 Å². The largest absolute Gasteiger partial charge is 0.494 e. The van der Waals surface area contributed by atoms with Crippen LogP contribution in [0.5, 0.6) is 5.75 Å². The summed E-state index contributed by atoms with van der Waals surface area (Å²) >= 11 is 0. The minimum Gasteiger partial charge on any atom is -0.494 e. The van der Waals surface area contributed by atoms with Gasteiger partial charge in [0.15, 0.2) is 11.6 Å². The number of hydrogen-bond acceptors (Lipinski definition) is 4. The smallest absolute Gasteiger partial charge is 0.170 e. The summed E-state index contributed by atoms with van der Waals surface area (Å²) in [7, 11) is 1.44. The van der Waals surface area contributed by atoms with Crippen LogP contribution in [-0.2, 0) is 0 Å². The van der Waals surface area contributed by atoms with E-state index in [4.69, 9.17) is 10.6 Å². The summed E-state index contributed by atoms with van der Waals surface area (Å²) in [4.78, 5) is 4.02. The van der Waals surface area contributed by atoms with Crippen LogP contribution in [0.4, 0.5) is 4.39 Å². The average Bonchev–Trinajstić information content (AvgIpc) is 2.43. The van der Waals surface area contributed by atoms with Crippen molar-refractivity contribution in [3.05, 3.63) is 59.2 Å². The molecule has 0 radical (unpaired) electrons. The van der Waals surface area contributed by atoms with Gasteiger partial charge in [0.2, 0.25) is 0 Å². The van der Waals surface area contributed by atoms with Gasteiger partial charge in [-0.3, -0.25) is 10.8 Å². The first-order valence-electron chi connectivity index (χ1n) is 5.88. The lowest BCUT2D eigenvalue weighted by Crippen LogP contribution is -2.30. The summed E-state index contributed by atoms with van der Waals surface area (Å²) in [6, 6.07) is 6.36. The normalized spacial score (nSPS) is 12.2. The highest BCUT2D eigenvalue weighted by Crippen LogP contribution is 2.29. The zero-order chi connectivity index (χ0) is 13.8. The third kappa shape index (κ3) is 2.57. The molecule has 2 aromatic rings. The first kappa shape index (κ1) is 13.5. The Morgan fingerprint density at radius 1 is 1.32 bits per heavy atom. The summed E-state index contributed by atoms with van der Waals surface area (Å²) in [5.41, 5.74) is 4.90. The number of methoxy groups -OCH3 is 1. The number of aryl methyl sites for hydroxylation is 1. The number of hydrogen-bond donors (Lipinski definition) is 2. The Bertz CT molecular complexity index is 574. The van der Waals surface area contributed by atoms with Crippen molar-refractivity contribution in [2.45, 2.75) is 13.0 Å². The molecule has 0 spiro atoms. The first-order chi connectivity index (χ1) is 9.19. The zero-order valence-electron chi connectivity index (χ0n) is 10.9. The number of hydrazine groups is 1. The number of pyridine rings is 1. The van der Waals surface area contributed by atoms with Gasteiger partial charge >= 0.3 is 0 Å². The van der Waals surface area contributed by atoms with E-state index in [1.807, 2.05) is 13.0 Å². The topological polar surface area (TPSA) is 60.2 Å². The Labute approximate surface area is 111 Å². The Kier molecular flexibility index (Phi) is 4.09. The van der Waals surface area contributed by atoms with Crippen molar-refractivity contribution in [3.8, 4) is 5.75 Å². The highest BCUT2D eigenvalue weighted by molar-refractivity contribution is 5.40. The standard InChI is InChI=1S/C14H16FN3O/c1-9-8-17-7-6-10(9)14(18-16)11-4-3-5-12(19-2)13(11)15/h3-8,14,18H,16H2,1-2H3. The summed E-state index contributed by atoms with van der Waals surface area (Å²) < 4.78 is 19.3. The molecule has 0 fully saturated rings. The molecule has 0 aliphatic carbocycles. The predicted octanol–water partition coefficient (Wildman–Crippen LogP) is 2.09. The van der Waals surface area contributed by atoms with Crippen LogP contribution in [-0.4, -0.2) is 12.1 Å². The molecule has 0 saturated heterocycles. The SMILES string of the molecule is COc1cccc(C(NN)c2ccncc2C)c1F. The van der Waals surface area contributed by atoms with Gasteiger partial charge in [0.1, 0.15) is 0 Å². The van der Waals surface area contributed by atoms with Crippen LogP contribution in [0.2, 0.25) is 0 Å². The molecule has 0 aliphatic heterocycles. The van der Waals surface area contributed by atoms with E-state index in [0.29, 0.717) is 5.56 Å². The molecule has 100 valence electrons. The summed E-state index contributed by atoms with van der Waals surface area (Å²) in [5.74, 6) is 5.37. The third-order valence-corrected chi connectivity index (χ3v) is 3.07. The van der Waals surface area contributed by atoms with Crippen LogP contribution >= 0.6 is 0 Å². The summed E-state index contributed by atoms with van der Waals surface area (Å²) in [6.07, 6.45) is 3.38. The molecule has 4 nitrogen and oxygen atoms in total. The van der Waals surface area contributed by atoms with Gasteiger partial charge in [-0.1, -0.05) is 12.1 Å². The molecule has 1 heterocycles. The number of aromatic nitrogens is 1. The minimum atomic E-state index is -0.446. The van der Waals surface area contributed by atoms with Gasteiger partial charge in [-0.25, -0.2) is 9.82 Å². The maximum atomic E-state index is 14.3. The number of halogens is 1. The molecule has 19 heavy (non-hydrogen) atoms. The van der Waals surface area contributed by atoms with Crippen LogP contribution in [0.15, 0.2) is 36.7 Å². The molecule has 1 aromatic carbocycles. The Balaban J connectivity index is 2.52. The number of benzene rings is 1.